The average Bonchev–Trinajstić information content (AvgIpc) is 1.33. The Labute approximate surface area is 502 Å². The van der Waals surface area contributed by atoms with Crippen molar-refractivity contribution in [3.63, 3.8) is 0 Å². The van der Waals surface area contributed by atoms with Crippen molar-refractivity contribution < 1.29 is 4.42 Å². The van der Waals surface area contributed by atoms with Crippen molar-refractivity contribution in [1.29, 1.82) is 0 Å². The summed E-state index contributed by atoms with van der Waals surface area (Å²) in [6, 6.07) is 88.6. The van der Waals surface area contributed by atoms with Gasteiger partial charge in [-0.15, -0.1) is 0 Å². The Kier molecular flexibility index (Phi) is 12.8. The van der Waals surface area contributed by atoms with Gasteiger partial charge < -0.3 is 19.1 Å². The number of fused-ring (bicyclic) bond motifs is 7. The monoisotopic (exact) mass is 1100 g/mol. The molecule has 11 aromatic carbocycles. The number of hydrogen-bond donors (Lipinski definition) is 0. The number of anilines is 9. The first-order valence-electron chi connectivity index (χ1n) is 30.2. The average molecular weight is 1100 g/mol. The molecule has 0 unspecified atom stereocenters. The van der Waals surface area contributed by atoms with Crippen molar-refractivity contribution in [2.45, 2.75) is 92.4 Å². The zero-order valence-electron chi connectivity index (χ0n) is 50.8. The van der Waals surface area contributed by atoms with Crippen LogP contribution in [0.1, 0.15) is 90.1 Å². The van der Waals surface area contributed by atoms with Crippen LogP contribution in [-0.4, -0.2) is 6.71 Å². The first-order valence-corrected chi connectivity index (χ1v) is 30.2. The quantitative estimate of drug-likeness (QED) is 0.141. The molecule has 0 N–H and O–H groups in total. The van der Waals surface area contributed by atoms with Crippen molar-refractivity contribution >= 4 is 96.2 Å². The van der Waals surface area contributed by atoms with Crippen LogP contribution in [0.15, 0.2) is 241 Å². The van der Waals surface area contributed by atoms with E-state index in [1.807, 2.05) is 6.07 Å². The molecule has 0 aliphatic carbocycles. The molecule has 0 fully saturated rings. The normalized spacial score (nSPS) is 13.0. The second kappa shape index (κ2) is 20.2. The minimum atomic E-state index is -0.194. The molecule has 0 saturated carbocycles. The lowest BCUT2D eigenvalue weighted by Crippen LogP contribution is -2.61. The molecule has 0 bridgehead atoms. The summed E-state index contributed by atoms with van der Waals surface area (Å²) in [6.07, 6.45) is 0. The van der Waals surface area contributed by atoms with Crippen LogP contribution in [0.3, 0.4) is 0 Å². The first-order chi connectivity index (χ1) is 40.9. The summed E-state index contributed by atoms with van der Waals surface area (Å²) in [5.74, 6) is 0. The second-order valence-corrected chi connectivity index (χ2v) is 26.7. The van der Waals surface area contributed by atoms with E-state index < -0.39 is 0 Å². The van der Waals surface area contributed by atoms with Crippen molar-refractivity contribution in [2.75, 3.05) is 14.7 Å². The lowest BCUT2D eigenvalue weighted by atomic mass is 9.33. The van der Waals surface area contributed by atoms with Gasteiger partial charge in [0.1, 0.15) is 11.2 Å². The van der Waals surface area contributed by atoms with Gasteiger partial charge in [0.15, 0.2) is 0 Å². The van der Waals surface area contributed by atoms with Crippen molar-refractivity contribution in [2.24, 2.45) is 0 Å². The first kappa shape index (κ1) is 53.7. The van der Waals surface area contributed by atoms with E-state index in [1.165, 1.54) is 89.2 Å². The molecule has 0 atom stereocenters. The summed E-state index contributed by atoms with van der Waals surface area (Å²) in [5, 5.41) is 2.25. The maximum atomic E-state index is 6.66. The smallest absolute Gasteiger partial charge is 0.252 e. The number of para-hydroxylation sites is 2. The Morgan fingerprint density at radius 3 is 1.49 bits per heavy atom. The number of furan rings is 1. The van der Waals surface area contributed by atoms with E-state index in [0.29, 0.717) is 0 Å². The maximum Gasteiger partial charge on any atom is 0.252 e. The largest absolute Gasteiger partial charge is 0.455 e. The van der Waals surface area contributed by atoms with Crippen LogP contribution in [0, 0.1) is 13.8 Å². The van der Waals surface area contributed by atoms with Gasteiger partial charge in [0.05, 0.1) is 5.69 Å². The van der Waals surface area contributed by atoms with E-state index >= 15 is 0 Å². The molecule has 0 amide bonds. The Morgan fingerprint density at radius 2 is 0.871 bits per heavy atom. The highest BCUT2D eigenvalue weighted by molar-refractivity contribution is 7.00. The van der Waals surface area contributed by atoms with Gasteiger partial charge >= 0.3 is 0 Å². The van der Waals surface area contributed by atoms with Gasteiger partial charge in [-0.05, 0) is 175 Å². The van der Waals surface area contributed by atoms with Crippen LogP contribution >= 0.6 is 0 Å². The lowest BCUT2D eigenvalue weighted by Gasteiger charge is -2.45. The van der Waals surface area contributed by atoms with Crippen molar-refractivity contribution in [3.8, 4) is 33.4 Å². The zero-order chi connectivity index (χ0) is 58.7. The molecule has 0 saturated heterocycles. The predicted octanol–water partition coefficient (Wildman–Crippen LogP) is 20.6. The van der Waals surface area contributed by atoms with Crippen molar-refractivity contribution in [3.05, 3.63) is 264 Å². The van der Waals surface area contributed by atoms with Crippen LogP contribution in [0.25, 0.3) is 55.3 Å². The highest BCUT2D eigenvalue weighted by Gasteiger charge is 2.45. The minimum Gasteiger partial charge on any atom is -0.455 e. The van der Waals surface area contributed by atoms with Crippen LogP contribution in [0.4, 0.5) is 51.2 Å². The molecular weight excluding hydrogens is 1030 g/mol. The van der Waals surface area contributed by atoms with Gasteiger partial charge in [-0.1, -0.05) is 226 Å². The van der Waals surface area contributed by atoms with Gasteiger partial charge in [0, 0.05) is 61.8 Å². The zero-order valence-corrected chi connectivity index (χ0v) is 50.8. The van der Waals surface area contributed by atoms with Crippen LogP contribution < -0.4 is 31.1 Å². The predicted molar refractivity (Wildman–Crippen MR) is 364 cm³/mol. The Bertz CT molecular complexity index is 4520. The molecule has 0 spiro atoms. The second-order valence-electron chi connectivity index (χ2n) is 26.7. The van der Waals surface area contributed by atoms with E-state index in [1.54, 1.807) is 0 Å². The third-order valence-electron chi connectivity index (χ3n) is 17.9. The number of aryl methyl sites for hydroxylation is 2. The Morgan fingerprint density at radius 1 is 0.365 bits per heavy atom. The van der Waals surface area contributed by atoms with Gasteiger partial charge in [-0.3, -0.25) is 0 Å². The summed E-state index contributed by atoms with van der Waals surface area (Å²) in [4.78, 5) is 7.66. The Balaban J connectivity index is 1.04. The van der Waals surface area contributed by atoms with E-state index in [0.717, 1.165) is 61.5 Å². The van der Waals surface area contributed by atoms with Gasteiger partial charge in [-0.25, -0.2) is 0 Å². The van der Waals surface area contributed by atoms with Crippen LogP contribution in [0.5, 0.6) is 0 Å². The summed E-state index contributed by atoms with van der Waals surface area (Å²) < 4.78 is 6.66. The fourth-order valence-electron chi connectivity index (χ4n) is 13.4. The van der Waals surface area contributed by atoms with Crippen LogP contribution in [-0.2, 0) is 16.2 Å². The van der Waals surface area contributed by atoms with E-state index in [4.69, 9.17) is 4.42 Å². The third kappa shape index (κ3) is 9.33. The molecular formula is C80H72BN3O. The van der Waals surface area contributed by atoms with Gasteiger partial charge in [0.25, 0.3) is 6.71 Å². The number of benzene rings is 11. The molecule has 12 aromatic rings. The SMILES string of the molecule is Cc1cc(C(C)(C)C)cc(C)c1N(c1ccc(-c2ccccc2)cc1)c1ccc2c(c1)N(c1ccc(-c3cccc4c3oc3ccccc34)cc1)c1cc(C(C)(C)C)cc3c1B2c1cc(-c2ccccc2)ccc1N3c1ccc(C(C)(C)C)cc1. The van der Waals surface area contributed by atoms with E-state index in [2.05, 4.69) is 321 Å². The Hall–Kier alpha value is -9.32. The van der Waals surface area contributed by atoms with E-state index in [9.17, 15) is 0 Å². The molecule has 3 heterocycles. The molecule has 14 rings (SSSR count). The highest BCUT2D eigenvalue weighted by atomic mass is 16.3. The van der Waals surface area contributed by atoms with Gasteiger partial charge in [-0.2, -0.15) is 0 Å². The highest BCUT2D eigenvalue weighted by Crippen LogP contribution is 2.50. The summed E-state index contributed by atoms with van der Waals surface area (Å²) in [5.41, 5.74) is 29.1. The molecule has 2 aliphatic rings. The standard InChI is InChI=1S/C80H72BN3O/c1-51-45-59(79(6,7)8)46-52(2)76(51)82(61-36-29-55(30-37-61)53-21-14-12-15-22-53)64-42-43-68-71(50-64)84(62-38-31-56(32-39-62)65-26-20-27-67-66-25-18-19-28-74(66)85-77(65)67)73-49-60(80(9,10)11)48-72-75(73)81(68)69-47-57(54-23-16-13-17-24-54)33-44-70(69)83(72)63-40-34-58(35-41-63)78(3,4)5/h12-50H,1-11H3. The summed E-state index contributed by atoms with van der Waals surface area (Å²) in [6.45, 7) is 25.4. The molecule has 1 aromatic heterocycles. The molecule has 416 valence electrons. The lowest BCUT2D eigenvalue weighted by molar-refractivity contribution is 0.589. The van der Waals surface area contributed by atoms with Crippen molar-refractivity contribution in [1.82, 2.24) is 0 Å². The fraction of sp³-hybridized carbons (Fsp3) is 0.175. The third-order valence-corrected chi connectivity index (χ3v) is 17.9. The molecule has 5 heteroatoms. The summed E-state index contributed by atoms with van der Waals surface area (Å²) >= 11 is 0. The van der Waals surface area contributed by atoms with E-state index in [-0.39, 0.29) is 23.0 Å². The fourth-order valence-corrected chi connectivity index (χ4v) is 13.4. The molecule has 2 aliphatic heterocycles. The number of nitrogens with zero attached hydrogens (tertiary/aromatic N) is 3. The number of rotatable bonds is 8. The number of hydrogen-bond acceptors (Lipinski definition) is 4. The molecule has 4 nitrogen and oxygen atoms in total. The molecule has 0 radical (unpaired) electrons. The molecule has 85 heavy (non-hydrogen) atoms. The van der Waals surface area contributed by atoms with Crippen LogP contribution in [0.2, 0.25) is 0 Å². The minimum absolute atomic E-state index is 0.00495. The maximum absolute atomic E-state index is 6.66. The summed E-state index contributed by atoms with van der Waals surface area (Å²) in [7, 11) is 0. The topological polar surface area (TPSA) is 22.9 Å². The van der Waals surface area contributed by atoms with Gasteiger partial charge in [0.2, 0.25) is 0 Å².